The van der Waals surface area contributed by atoms with E-state index in [1.807, 2.05) is 0 Å². The second-order valence-corrected chi connectivity index (χ2v) is 6.63. The van der Waals surface area contributed by atoms with Crippen molar-refractivity contribution in [2.45, 2.75) is 38.7 Å². The van der Waals surface area contributed by atoms with Crippen LogP contribution < -0.4 is 4.74 Å². The van der Waals surface area contributed by atoms with Crippen molar-refractivity contribution in [3.05, 3.63) is 23.8 Å². The third-order valence-corrected chi connectivity index (χ3v) is 4.73. The Labute approximate surface area is 140 Å². The van der Waals surface area contributed by atoms with Gasteiger partial charge in [-0.2, -0.15) is 0 Å². The summed E-state index contributed by atoms with van der Waals surface area (Å²) in [5, 5.41) is 20.4. The zero-order valence-electron chi connectivity index (χ0n) is 14.2. The van der Waals surface area contributed by atoms with Gasteiger partial charge in [0.15, 0.2) is 11.5 Å². The maximum absolute atomic E-state index is 12.5. The molecule has 1 aliphatic carbocycles. The molecular formula is C18H22O6. The summed E-state index contributed by atoms with van der Waals surface area (Å²) < 4.78 is 5.08. The lowest BCUT2D eigenvalue weighted by atomic mass is 9.60. The molecule has 24 heavy (non-hydrogen) atoms. The normalized spacial score (nSPS) is 30.0. The second kappa shape index (κ2) is 6.36. The molecule has 1 saturated carbocycles. The highest BCUT2D eigenvalue weighted by molar-refractivity contribution is 6.05. The van der Waals surface area contributed by atoms with E-state index in [0.29, 0.717) is 5.56 Å². The van der Waals surface area contributed by atoms with Gasteiger partial charge in [-0.1, -0.05) is 6.07 Å². The molecular weight excluding hydrogens is 312 g/mol. The van der Waals surface area contributed by atoms with Crippen molar-refractivity contribution in [2.24, 2.45) is 11.8 Å². The number of aromatic hydroxyl groups is 1. The van der Waals surface area contributed by atoms with E-state index in [9.17, 15) is 24.6 Å². The minimum atomic E-state index is -1.54. The van der Waals surface area contributed by atoms with Crippen molar-refractivity contribution in [3.63, 3.8) is 0 Å². The molecule has 0 radical (unpaired) electrons. The number of hydrogen-bond donors (Lipinski definition) is 2. The molecule has 1 fully saturated rings. The van der Waals surface area contributed by atoms with E-state index >= 15 is 0 Å². The molecule has 6 nitrogen and oxygen atoms in total. The van der Waals surface area contributed by atoms with Gasteiger partial charge >= 0.3 is 0 Å². The quantitative estimate of drug-likeness (QED) is 0.812. The highest BCUT2D eigenvalue weighted by Gasteiger charge is 2.53. The number of phenols is 1. The molecule has 1 aromatic carbocycles. The largest absolute Gasteiger partial charge is 0.504 e. The van der Waals surface area contributed by atoms with E-state index in [4.69, 9.17) is 4.74 Å². The fraction of sp³-hybridized carbons (Fsp3) is 0.500. The Morgan fingerprint density at radius 2 is 1.88 bits per heavy atom. The summed E-state index contributed by atoms with van der Waals surface area (Å²) in [4.78, 5) is 36.8. The van der Waals surface area contributed by atoms with E-state index in [1.165, 1.54) is 40.0 Å². The molecule has 130 valence electrons. The van der Waals surface area contributed by atoms with Crippen LogP contribution in [0.2, 0.25) is 0 Å². The van der Waals surface area contributed by atoms with Crippen LogP contribution in [0, 0.1) is 11.8 Å². The van der Waals surface area contributed by atoms with Gasteiger partial charge in [0.25, 0.3) is 0 Å². The third-order valence-electron chi connectivity index (χ3n) is 4.73. The van der Waals surface area contributed by atoms with Crippen LogP contribution in [0.25, 0.3) is 0 Å². The first-order valence-electron chi connectivity index (χ1n) is 7.73. The van der Waals surface area contributed by atoms with Gasteiger partial charge in [0.1, 0.15) is 17.3 Å². The maximum Gasteiger partial charge on any atom is 0.160 e. The number of benzene rings is 1. The molecule has 0 aromatic heterocycles. The fourth-order valence-electron chi connectivity index (χ4n) is 3.81. The monoisotopic (exact) mass is 334 g/mol. The van der Waals surface area contributed by atoms with Crippen molar-refractivity contribution < 1.29 is 29.3 Å². The Hall–Kier alpha value is -2.21. The number of ether oxygens (including phenoxy) is 1. The first-order valence-corrected chi connectivity index (χ1v) is 7.73. The number of phenolic OH excluding ortho intramolecular Hbond substituents is 1. The van der Waals surface area contributed by atoms with Crippen LogP contribution in [0.15, 0.2) is 18.2 Å². The summed E-state index contributed by atoms with van der Waals surface area (Å²) in [5.41, 5.74) is -1.04. The highest BCUT2D eigenvalue weighted by Crippen LogP contribution is 2.47. The predicted molar refractivity (Wildman–Crippen MR) is 86.0 cm³/mol. The second-order valence-electron chi connectivity index (χ2n) is 6.63. The Morgan fingerprint density at radius 1 is 1.25 bits per heavy atom. The van der Waals surface area contributed by atoms with Crippen LogP contribution in [0.4, 0.5) is 0 Å². The number of hydrogen-bond acceptors (Lipinski definition) is 6. The molecule has 0 bridgehead atoms. The summed E-state index contributed by atoms with van der Waals surface area (Å²) >= 11 is 0. The van der Waals surface area contributed by atoms with Gasteiger partial charge in [-0.3, -0.25) is 14.4 Å². The van der Waals surface area contributed by atoms with Gasteiger partial charge in [0, 0.05) is 12.3 Å². The molecule has 0 amide bonds. The molecule has 1 aliphatic rings. The molecule has 0 aliphatic heterocycles. The summed E-state index contributed by atoms with van der Waals surface area (Å²) in [7, 11) is 1.38. The van der Waals surface area contributed by atoms with Gasteiger partial charge in [0.2, 0.25) is 0 Å². The summed E-state index contributed by atoms with van der Waals surface area (Å²) in [6, 6.07) is 4.43. The fourth-order valence-corrected chi connectivity index (χ4v) is 3.81. The third kappa shape index (κ3) is 3.06. The van der Waals surface area contributed by atoms with Crippen molar-refractivity contribution in [1.29, 1.82) is 0 Å². The lowest BCUT2D eigenvalue weighted by Crippen LogP contribution is -2.53. The van der Waals surface area contributed by atoms with Crippen LogP contribution in [0.5, 0.6) is 11.5 Å². The van der Waals surface area contributed by atoms with Crippen LogP contribution in [-0.4, -0.2) is 40.3 Å². The zero-order chi connectivity index (χ0) is 18.2. The summed E-state index contributed by atoms with van der Waals surface area (Å²) in [6.45, 7) is 4.10. The van der Waals surface area contributed by atoms with E-state index in [1.54, 1.807) is 6.07 Å². The minimum absolute atomic E-state index is 0.0890. The number of aliphatic hydroxyl groups is 1. The summed E-state index contributed by atoms with van der Waals surface area (Å²) in [5.74, 6) is -3.65. The molecule has 0 unspecified atom stereocenters. The van der Waals surface area contributed by atoms with E-state index in [2.05, 4.69) is 0 Å². The highest BCUT2D eigenvalue weighted by atomic mass is 16.5. The average Bonchev–Trinajstić information content (AvgIpc) is 2.44. The number of methoxy groups -OCH3 is 1. The Kier molecular flexibility index (Phi) is 4.80. The van der Waals surface area contributed by atoms with Gasteiger partial charge in [-0.15, -0.1) is 0 Å². The molecule has 0 spiro atoms. The maximum atomic E-state index is 12.5. The SMILES string of the molecule is COc1cc([C@H]2[C@H](C(C)=O)C(=O)C[C@@](C)(O)[C@@H]2C(C)=O)ccc1O. The van der Waals surface area contributed by atoms with E-state index in [-0.39, 0.29) is 35.3 Å². The number of carbonyl (C=O) groups excluding carboxylic acids is 3. The van der Waals surface area contributed by atoms with Crippen LogP contribution in [0.3, 0.4) is 0 Å². The average molecular weight is 334 g/mol. The first-order chi connectivity index (χ1) is 11.1. The van der Waals surface area contributed by atoms with E-state index in [0.717, 1.165) is 0 Å². The number of rotatable bonds is 4. The molecule has 0 saturated heterocycles. The molecule has 0 heterocycles. The van der Waals surface area contributed by atoms with Gasteiger partial charge in [-0.25, -0.2) is 0 Å². The Bertz CT molecular complexity index is 691. The van der Waals surface area contributed by atoms with E-state index < -0.39 is 23.4 Å². The Balaban J connectivity index is 2.67. The molecule has 6 heteroatoms. The van der Waals surface area contributed by atoms with Gasteiger partial charge in [0.05, 0.1) is 24.5 Å². The van der Waals surface area contributed by atoms with Crippen LogP contribution in [-0.2, 0) is 14.4 Å². The van der Waals surface area contributed by atoms with Crippen molar-refractivity contribution in [3.8, 4) is 11.5 Å². The Morgan fingerprint density at radius 3 is 2.38 bits per heavy atom. The van der Waals surface area contributed by atoms with Gasteiger partial charge < -0.3 is 14.9 Å². The lowest BCUT2D eigenvalue weighted by molar-refractivity contribution is -0.151. The molecule has 2 rings (SSSR count). The molecule has 4 atom stereocenters. The molecule has 1 aromatic rings. The first kappa shape index (κ1) is 18.1. The number of carbonyl (C=O) groups is 3. The number of ketones is 3. The van der Waals surface area contributed by atoms with Crippen LogP contribution >= 0.6 is 0 Å². The predicted octanol–water partition coefficient (Wildman–Crippen LogP) is 1.62. The van der Waals surface area contributed by atoms with Gasteiger partial charge in [-0.05, 0) is 38.5 Å². The standard InChI is InChI=1S/C18H22O6/c1-9(19)15-13(22)8-18(3,23)17(10(2)20)16(15)11-5-6-12(21)14(7-11)24-4/h5-7,15-17,21,23H,8H2,1-4H3/t15-,16+,17-,18-/m1/s1. The lowest BCUT2D eigenvalue weighted by Gasteiger charge is -2.44. The van der Waals surface area contributed by atoms with Crippen LogP contribution in [0.1, 0.15) is 38.7 Å². The topological polar surface area (TPSA) is 101 Å². The number of Topliss-reactive ketones (excluding diaryl/α,β-unsaturated/α-hetero) is 3. The van der Waals surface area contributed by atoms with Crippen molar-refractivity contribution in [1.82, 2.24) is 0 Å². The smallest absolute Gasteiger partial charge is 0.160 e. The molecule has 2 N–H and O–H groups in total. The van der Waals surface area contributed by atoms with Crippen molar-refractivity contribution in [2.75, 3.05) is 7.11 Å². The zero-order valence-corrected chi connectivity index (χ0v) is 14.2. The van der Waals surface area contributed by atoms with Crippen molar-refractivity contribution >= 4 is 17.3 Å². The minimum Gasteiger partial charge on any atom is -0.504 e. The summed E-state index contributed by atoms with van der Waals surface area (Å²) in [6.07, 6.45) is -0.243.